The minimum absolute atomic E-state index is 0.0408. The van der Waals surface area contributed by atoms with E-state index in [1.54, 1.807) is 39.0 Å². The number of hydrogen-bond acceptors (Lipinski definition) is 7. The average Bonchev–Trinajstić information content (AvgIpc) is 3.06. The lowest BCUT2D eigenvalue weighted by atomic mass is 10.0. The quantitative estimate of drug-likeness (QED) is 0.337. The van der Waals surface area contributed by atoms with Crippen LogP contribution < -0.4 is 23.7 Å². The molecule has 0 spiro atoms. The highest BCUT2D eigenvalue weighted by atomic mass is 32.2. The molecule has 1 heterocycles. The third kappa shape index (κ3) is 3.81. The molecule has 0 unspecified atom stereocenters. The standard InChI is InChI=1S/C20H22F3O7PS/c1-19(2,3)31(24)11-29-17-12(16-13(27-4)7-6-8-14(16)28-5)9-10-15(18(17)31)30-32(25,26)20(21,22)23/h6-10H,11H2,1-5H3/t31-/m1/s1. The van der Waals surface area contributed by atoms with Crippen LogP contribution >= 0.6 is 7.14 Å². The van der Waals surface area contributed by atoms with Crippen molar-refractivity contribution in [3.8, 4) is 34.1 Å². The number of halogens is 3. The molecule has 12 heteroatoms. The van der Waals surface area contributed by atoms with E-state index in [4.69, 9.17) is 14.2 Å². The van der Waals surface area contributed by atoms with Gasteiger partial charge in [-0.25, -0.2) is 0 Å². The molecule has 0 saturated carbocycles. The number of benzene rings is 2. The van der Waals surface area contributed by atoms with Crippen LogP contribution in [0.2, 0.25) is 0 Å². The number of ether oxygens (including phenoxy) is 3. The fraction of sp³-hybridized carbons (Fsp3) is 0.400. The minimum Gasteiger partial charge on any atom is -0.496 e. The highest BCUT2D eigenvalue weighted by Gasteiger charge is 2.52. The van der Waals surface area contributed by atoms with Gasteiger partial charge in [-0.3, -0.25) is 0 Å². The topological polar surface area (TPSA) is 88.1 Å². The second-order valence-electron chi connectivity index (χ2n) is 7.99. The summed E-state index contributed by atoms with van der Waals surface area (Å²) in [5.74, 6) is 0.0000702. The van der Waals surface area contributed by atoms with E-state index in [2.05, 4.69) is 4.18 Å². The van der Waals surface area contributed by atoms with Crippen molar-refractivity contribution in [2.24, 2.45) is 0 Å². The van der Waals surface area contributed by atoms with Gasteiger partial charge in [0.15, 0.2) is 12.9 Å². The van der Waals surface area contributed by atoms with Gasteiger partial charge in [0.05, 0.1) is 19.8 Å². The van der Waals surface area contributed by atoms with Crippen molar-refractivity contribution >= 4 is 22.6 Å². The van der Waals surface area contributed by atoms with E-state index in [0.29, 0.717) is 22.6 Å². The maximum Gasteiger partial charge on any atom is 0.534 e. The molecule has 0 saturated heterocycles. The second-order valence-corrected chi connectivity index (χ2v) is 13.1. The van der Waals surface area contributed by atoms with Crippen LogP contribution in [0.1, 0.15) is 20.8 Å². The van der Waals surface area contributed by atoms with Crippen LogP contribution in [-0.2, 0) is 14.7 Å². The van der Waals surface area contributed by atoms with Crippen molar-refractivity contribution < 1.29 is 44.5 Å². The summed E-state index contributed by atoms with van der Waals surface area (Å²) in [6.45, 7) is 4.89. The van der Waals surface area contributed by atoms with E-state index < -0.39 is 33.7 Å². The zero-order valence-electron chi connectivity index (χ0n) is 17.9. The molecule has 0 fully saturated rings. The van der Waals surface area contributed by atoms with Crippen molar-refractivity contribution in [2.45, 2.75) is 31.4 Å². The van der Waals surface area contributed by atoms with Crippen LogP contribution in [0.25, 0.3) is 11.1 Å². The number of methoxy groups -OCH3 is 2. The number of fused-ring (bicyclic) bond motifs is 1. The first kappa shape index (κ1) is 24.3. The highest BCUT2D eigenvalue weighted by molar-refractivity contribution is 7.88. The fourth-order valence-electron chi connectivity index (χ4n) is 3.34. The predicted molar refractivity (Wildman–Crippen MR) is 113 cm³/mol. The zero-order chi connectivity index (χ0) is 24.1. The van der Waals surface area contributed by atoms with Crippen molar-refractivity contribution in [3.05, 3.63) is 30.3 Å². The van der Waals surface area contributed by atoms with E-state index in [1.807, 2.05) is 0 Å². The number of rotatable bonds is 5. The first-order valence-electron chi connectivity index (χ1n) is 9.29. The molecule has 0 radical (unpaired) electrons. The maximum atomic E-state index is 14.0. The molecule has 2 aromatic carbocycles. The van der Waals surface area contributed by atoms with Crippen molar-refractivity contribution in [2.75, 3.05) is 20.6 Å². The molecule has 3 rings (SSSR count). The summed E-state index contributed by atoms with van der Waals surface area (Å²) >= 11 is 0. The van der Waals surface area contributed by atoms with Crippen molar-refractivity contribution in [3.63, 3.8) is 0 Å². The molecule has 0 N–H and O–H groups in total. The molecular weight excluding hydrogens is 472 g/mol. The lowest BCUT2D eigenvalue weighted by molar-refractivity contribution is -0.0499. The zero-order valence-corrected chi connectivity index (χ0v) is 19.7. The van der Waals surface area contributed by atoms with Gasteiger partial charge in [0, 0.05) is 10.7 Å². The van der Waals surface area contributed by atoms with E-state index in [9.17, 15) is 26.2 Å². The fourth-order valence-corrected chi connectivity index (χ4v) is 6.36. The minimum atomic E-state index is -6.00. The molecule has 1 aliphatic heterocycles. The van der Waals surface area contributed by atoms with Crippen LogP contribution in [0.4, 0.5) is 13.2 Å². The third-order valence-electron chi connectivity index (χ3n) is 5.11. The Kier molecular flexibility index (Phi) is 5.97. The lowest BCUT2D eigenvalue weighted by Gasteiger charge is -2.27. The van der Waals surface area contributed by atoms with Crippen molar-refractivity contribution in [1.29, 1.82) is 0 Å². The monoisotopic (exact) mass is 494 g/mol. The molecule has 0 aliphatic carbocycles. The smallest absolute Gasteiger partial charge is 0.496 e. The summed E-state index contributed by atoms with van der Waals surface area (Å²) in [6.07, 6.45) is -0.331. The summed E-state index contributed by atoms with van der Waals surface area (Å²) in [6, 6.07) is 7.31. The van der Waals surface area contributed by atoms with Gasteiger partial charge < -0.3 is 23.0 Å². The molecule has 176 valence electrons. The Balaban J connectivity index is 2.36. The first-order chi connectivity index (χ1) is 14.7. The molecule has 2 aromatic rings. The molecule has 1 atom stereocenters. The largest absolute Gasteiger partial charge is 0.534 e. The Labute approximate surface area is 183 Å². The molecular formula is C20H22F3O7PS. The molecule has 1 aliphatic rings. The normalized spacial score (nSPS) is 18.6. The Morgan fingerprint density at radius 1 is 0.969 bits per heavy atom. The van der Waals surface area contributed by atoms with E-state index in [1.165, 1.54) is 20.3 Å². The molecule has 7 nitrogen and oxygen atoms in total. The third-order valence-corrected chi connectivity index (χ3v) is 9.88. The van der Waals surface area contributed by atoms with Gasteiger partial charge >= 0.3 is 15.6 Å². The summed E-state index contributed by atoms with van der Waals surface area (Å²) in [5, 5.41) is -1.16. The van der Waals surface area contributed by atoms with Gasteiger partial charge in [0.1, 0.15) is 28.9 Å². The summed E-state index contributed by atoms with van der Waals surface area (Å²) in [4.78, 5) is 0. The van der Waals surface area contributed by atoms with Crippen LogP contribution in [0.5, 0.6) is 23.0 Å². The molecule has 32 heavy (non-hydrogen) atoms. The van der Waals surface area contributed by atoms with Crippen molar-refractivity contribution in [1.82, 2.24) is 0 Å². The Morgan fingerprint density at radius 2 is 1.53 bits per heavy atom. The summed E-state index contributed by atoms with van der Waals surface area (Å²) < 4.78 is 97.3. The number of alkyl halides is 3. The van der Waals surface area contributed by atoms with Gasteiger partial charge in [-0.2, -0.15) is 21.6 Å². The van der Waals surface area contributed by atoms with E-state index in [-0.39, 0.29) is 17.4 Å². The van der Waals surface area contributed by atoms with Crippen LogP contribution in [0, 0.1) is 0 Å². The van der Waals surface area contributed by atoms with Gasteiger partial charge in [-0.15, -0.1) is 0 Å². The first-order valence-corrected chi connectivity index (χ1v) is 12.6. The Hall–Kier alpha value is -2.39. The van der Waals surface area contributed by atoms with Crippen LogP contribution in [0.15, 0.2) is 30.3 Å². The number of hydrogen-bond donors (Lipinski definition) is 0. The predicted octanol–water partition coefficient (Wildman–Crippen LogP) is 4.74. The second kappa shape index (κ2) is 7.88. The van der Waals surface area contributed by atoms with Crippen LogP contribution in [-0.4, -0.2) is 39.6 Å². The summed E-state index contributed by atoms with van der Waals surface area (Å²) in [5.41, 5.74) is -4.94. The highest BCUT2D eigenvalue weighted by Crippen LogP contribution is 2.65. The van der Waals surface area contributed by atoms with E-state index >= 15 is 0 Å². The maximum absolute atomic E-state index is 14.0. The van der Waals surface area contributed by atoms with Gasteiger partial charge in [-0.1, -0.05) is 26.8 Å². The summed E-state index contributed by atoms with van der Waals surface area (Å²) in [7, 11) is -6.73. The van der Waals surface area contributed by atoms with Crippen LogP contribution in [0.3, 0.4) is 0 Å². The SMILES string of the molecule is COc1cccc(OC)c1-c1ccc(OS(=O)(=O)C(F)(F)F)c2c1OC[P@]2(=O)C(C)(C)C. The van der Waals surface area contributed by atoms with Gasteiger partial charge in [0.2, 0.25) is 0 Å². The molecule has 0 amide bonds. The Morgan fingerprint density at radius 3 is 2.00 bits per heavy atom. The lowest BCUT2D eigenvalue weighted by Crippen LogP contribution is -2.30. The van der Waals surface area contributed by atoms with Gasteiger partial charge in [0.25, 0.3) is 0 Å². The molecule has 0 bridgehead atoms. The van der Waals surface area contributed by atoms with E-state index in [0.717, 1.165) is 6.07 Å². The Bertz CT molecular complexity index is 1180. The average molecular weight is 494 g/mol. The molecule has 0 aromatic heterocycles. The van der Waals surface area contributed by atoms with Gasteiger partial charge in [-0.05, 0) is 24.3 Å².